The predicted octanol–water partition coefficient (Wildman–Crippen LogP) is 3.67. The van der Waals surface area contributed by atoms with E-state index in [9.17, 15) is 0 Å². The first-order valence-corrected chi connectivity index (χ1v) is 8.44. The first-order valence-electron chi connectivity index (χ1n) is 8.44. The summed E-state index contributed by atoms with van der Waals surface area (Å²) in [6, 6.07) is 1.58. The van der Waals surface area contributed by atoms with Crippen molar-refractivity contribution in [2.24, 2.45) is 11.3 Å². The number of hydrogen-bond donors (Lipinski definition) is 1. The van der Waals surface area contributed by atoms with E-state index in [1.165, 1.54) is 58.2 Å². The molecule has 112 valence electrons. The summed E-state index contributed by atoms with van der Waals surface area (Å²) < 4.78 is 0. The summed E-state index contributed by atoms with van der Waals surface area (Å²) in [6.07, 6.45) is 8.40. The molecule has 2 nitrogen and oxygen atoms in total. The summed E-state index contributed by atoms with van der Waals surface area (Å²) in [5.41, 5.74) is 0.557. The molecule has 0 amide bonds. The summed E-state index contributed by atoms with van der Waals surface area (Å²) >= 11 is 0. The first-order chi connectivity index (χ1) is 8.96. The smallest absolute Gasteiger partial charge is 0.0195 e. The Labute approximate surface area is 120 Å². The lowest BCUT2D eigenvalue weighted by Crippen LogP contribution is -2.47. The molecule has 1 aliphatic carbocycles. The molecular formula is C17H34N2. The zero-order chi connectivity index (χ0) is 13.9. The topological polar surface area (TPSA) is 15.3 Å². The van der Waals surface area contributed by atoms with Gasteiger partial charge in [0.25, 0.3) is 0 Å². The fraction of sp³-hybridized carbons (Fsp3) is 1.00. The molecule has 1 saturated carbocycles. The van der Waals surface area contributed by atoms with Crippen molar-refractivity contribution in [1.82, 2.24) is 10.2 Å². The van der Waals surface area contributed by atoms with Crippen LogP contribution in [0.4, 0.5) is 0 Å². The maximum Gasteiger partial charge on any atom is 0.0195 e. The van der Waals surface area contributed by atoms with Gasteiger partial charge < -0.3 is 5.32 Å². The molecular weight excluding hydrogens is 232 g/mol. The fourth-order valence-electron chi connectivity index (χ4n) is 4.01. The molecule has 2 fully saturated rings. The van der Waals surface area contributed by atoms with Crippen molar-refractivity contribution in [3.05, 3.63) is 0 Å². The highest BCUT2D eigenvalue weighted by Crippen LogP contribution is 2.37. The molecule has 0 spiro atoms. The molecule has 1 aliphatic heterocycles. The van der Waals surface area contributed by atoms with E-state index in [0.29, 0.717) is 5.41 Å². The molecule has 2 atom stereocenters. The summed E-state index contributed by atoms with van der Waals surface area (Å²) in [5, 5.41) is 3.68. The monoisotopic (exact) mass is 266 g/mol. The van der Waals surface area contributed by atoms with E-state index in [1.807, 2.05) is 0 Å². The van der Waals surface area contributed by atoms with Crippen LogP contribution >= 0.6 is 0 Å². The molecule has 19 heavy (non-hydrogen) atoms. The quantitative estimate of drug-likeness (QED) is 0.817. The van der Waals surface area contributed by atoms with Crippen LogP contribution in [0.3, 0.4) is 0 Å². The summed E-state index contributed by atoms with van der Waals surface area (Å²) in [4.78, 5) is 2.81. The van der Waals surface area contributed by atoms with Gasteiger partial charge in [0.2, 0.25) is 0 Å². The van der Waals surface area contributed by atoms with E-state index in [0.717, 1.165) is 18.0 Å². The number of hydrogen-bond acceptors (Lipinski definition) is 2. The highest BCUT2D eigenvalue weighted by molar-refractivity contribution is 4.88. The number of nitrogens with zero attached hydrogens (tertiary/aromatic N) is 1. The minimum atomic E-state index is 0.557. The molecule has 2 rings (SSSR count). The minimum Gasteiger partial charge on any atom is -0.313 e. The summed E-state index contributed by atoms with van der Waals surface area (Å²) in [7, 11) is 0. The number of nitrogens with one attached hydrogen (secondary N) is 1. The van der Waals surface area contributed by atoms with Crippen molar-refractivity contribution in [1.29, 1.82) is 0 Å². The zero-order valence-corrected chi connectivity index (χ0v) is 13.5. The average molecular weight is 266 g/mol. The van der Waals surface area contributed by atoms with Gasteiger partial charge in [0.1, 0.15) is 0 Å². The van der Waals surface area contributed by atoms with Crippen LogP contribution in [0.1, 0.15) is 66.2 Å². The largest absolute Gasteiger partial charge is 0.313 e. The maximum atomic E-state index is 3.68. The minimum absolute atomic E-state index is 0.557. The van der Waals surface area contributed by atoms with E-state index in [1.54, 1.807) is 0 Å². The lowest BCUT2D eigenvalue weighted by Gasteiger charge is -2.43. The SMILES string of the molecule is CC(C)CN(CC1CCCN1)C1CCCC(C)(C)C1. The Morgan fingerprint density at radius 1 is 1.21 bits per heavy atom. The van der Waals surface area contributed by atoms with Crippen LogP contribution in [0.15, 0.2) is 0 Å². The van der Waals surface area contributed by atoms with Crippen molar-refractivity contribution in [3.63, 3.8) is 0 Å². The maximum absolute atomic E-state index is 3.68. The summed E-state index contributed by atoms with van der Waals surface area (Å²) in [6.45, 7) is 13.4. The van der Waals surface area contributed by atoms with Crippen molar-refractivity contribution >= 4 is 0 Å². The Balaban J connectivity index is 1.95. The van der Waals surface area contributed by atoms with Crippen LogP contribution in [0.2, 0.25) is 0 Å². The van der Waals surface area contributed by atoms with Crippen molar-refractivity contribution in [3.8, 4) is 0 Å². The molecule has 1 saturated heterocycles. The lowest BCUT2D eigenvalue weighted by molar-refractivity contribution is 0.0784. The van der Waals surface area contributed by atoms with Crippen LogP contribution < -0.4 is 5.32 Å². The molecule has 0 aromatic rings. The third kappa shape index (κ3) is 4.75. The van der Waals surface area contributed by atoms with Gasteiger partial charge in [0.15, 0.2) is 0 Å². The molecule has 0 aromatic carbocycles. The lowest BCUT2D eigenvalue weighted by atomic mass is 9.74. The Morgan fingerprint density at radius 2 is 2.00 bits per heavy atom. The molecule has 0 radical (unpaired) electrons. The van der Waals surface area contributed by atoms with E-state index in [-0.39, 0.29) is 0 Å². The molecule has 2 aliphatic rings. The Hall–Kier alpha value is -0.0800. The van der Waals surface area contributed by atoms with Gasteiger partial charge in [0.05, 0.1) is 0 Å². The van der Waals surface area contributed by atoms with Crippen molar-refractivity contribution in [2.75, 3.05) is 19.6 Å². The van der Waals surface area contributed by atoms with Crippen LogP contribution in [0, 0.1) is 11.3 Å². The van der Waals surface area contributed by atoms with Crippen molar-refractivity contribution < 1.29 is 0 Å². The number of rotatable bonds is 5. The van der Waals surface area contributed by atoms with Crippen LogP contribution in [0.5, 0.6) is 0 Å². The Bertz CT molecular complexity index is 266. The van der Waals surface area contributed by atoms with Gasteiger partial charge in [-0.05, 0) is 50.0 Å². The molecule has 1 heterocycles. The van der Waals surface area contributed by atoms with Crippen LogP contribution in [0.25, 0.3) is 0 Å². The second-order valence-corrected chi connectivity index (χ2v) is 8.06. The standard InChI is InChI=1S/C17H34N2/c1-14(2)12-19(13-15-7-6-10-18-15)16-8-5-9-17(3,4)11-16/h14-16,18H,5-13H2,1-4H3. The first kappa shape index (κ1) is 15.3. The van der Waals surface area contributed by atoms with Crippen molar-refractivity contribution in [2.45, 2.75) is 78.3 Å². The van der Waals surface area contributed by atoms with Gasteiger partial charge in [-0.3, -0.25) is 4.90 Å². The van der Waals surface area contributed by atoms with E-state index < -0.39 is 0 Å². The van der Waals surface area contributed by atoms with Gasteiger partial charge in [0, 0.05) is 25.2 Å². The molecule has 2 unspecified atom stereocenters. The highest BCUT2D eigenvalue weighted by atomic mass is 15.2. The predicted molar refractivity (Wildman–Crippen MR) is 83.5 cm³/mol. The van der Waals surface area contributed by atoms with Gasteiger partial charge in [-0.25, -0.2) is 0 Å². The second kappa shape index (κ2) is 6.58. The third-order valence-electron chi connectivity index (χ3n) is 4.91. The van der Waals surface area contributed by atoms with Gasteiger partial charge in [-0.15, -0.1) is 0 Å². The van der Waals surface area contributed by atoms with E-state index in [4.69, 9.17) is 0 Å². The molecule has 0 bridgehead atoms. The fourth-order valence-corrected chi connectivity index (χ4v) is 4.01. The zero-order valence-electron chi connectivity index (χ0n) is 13.5. The van der Waals surface area contributed by atoms with E-state index in [2.05, 4.69) is 37.9 Å². The summed E-state index contributed by atoms with van der Waals surface area (Å²) in [5.74, 6) is 0.784. The Morgan fingerprint density at radius 3 is 2.58 bits per heavy atom. The molecule has 2 heteroatoms. The van der Waals surface area contributed by atoms with E-state index >= 15 is 0 Å². The average Bonchev–Trinajstić information content (AvgIpc) is 2.79. The van der Waals surface area contributed by atoms with Gasteiger partial charge in [-0.1, -0.05) is 34.1 Å². The Kier molecular flexibility index (Phi) is 5.30. The van der Waals surface area contributed by atoms with Gasteiger partial charge in [-0.2, -0.15) is 0 Å². The second-order valence-electron chi connectivity index (χ2n) is 8.06. The van der Waals surface area contributed by atoms with Crippen LogP contribution in [-0.2, 0) is 0 Å². The normalized spacial score (nSPS) is 31.3. The highest BCUT2D eigenvalue weighted by Gasteiger charge is 2.32. The third-order valence-corrected chi connectivity index (χ3v) is 4.91. The molecule has 1 N–H and O–H groups in total. The van der Waals surface area contributed by atoms with Crippen LogP contribution in [-0.4, -0.2) is 36.6 Å². The van der Waals surface area contributed by atoms with Gasteiger partial charge >= 0.3 is 0 Å². The molecule has 0 aromatic heterocycles.